The number of nitrogens with one attached hydrogen (secondary N) is 1. The average Bonchev–Trinajstić information content (AvgIpc) is 2.43. The molecule has 0 saturated heterocycles. The summed E-state index contributed by atoms with van der Waals surface area (Å²) in [5, 5.41) is 13.0. The molecule has 0 fully saturated rings. The molecule has 0 spiro atoms. The molecule has 0 atom stereocenters. The summed E-state index contributed by atoms with van der Waals surface area (Å²) in [6.45, 7) is 3.57. The van der Waals surface area contributed by atoms with Crippen LogP contribution in [0.2, 0.25) is 5.02 Å². The Labute approximate surface area is 128 Å². The van der Waals surface area contributed by atoms with Gasteiger partial charge < -0.3 is 15.2 Å². The van der Waals surface area contributed by atoms with E-state index in [-0.39, 0.29) is 18.3 Å². The second-order valence-electron chi connectivity index (χ2n) is 4.77. The molecular formula is C16H16ClNO3. The van der Waals surface area contributed by atoms with E-state index in [9.17, 15) is 9.90 Å². The van der Waals surface area contributed by atoms with E-state index in [4.69, 9.17) is 16.3 Å². The number of carbonyl (C=O) groups is 1. The molecular weight excluding hydrogens is 290 g/mol. The number of phenols is 1. The predicted molar refractivity (Wildman–Crippen MR) is 83.2 cm³/mol. The average molecular weight is 306 g/mol. The number of carbonyl (C=O) groups excluding carboxylic acids is 1. The Balaban J connectivity index is 1.94. The summed E-state index contributed by atoms with van der Waals surface area (Å²) in [6.07, 6.45) is 0. The van der Waals surface area contributed by atoms with Crippen molar-refractivity contribution in [3.8, 4) is 11.5 Å². The molecule has 0 aromatic heterocycles. The number of ether oxygens (including phenoxy) is 1. The first kappa shape index (κ1) is 15.2. The van der Waals surface area contributed by atoms with Crippen LogP contribution in [0.4, 0.5) is 5.69 Å². The summed E-state index contributed by atoms with van der Waals surface area (Å²) >= 11 is 5.92. The van der Waals surface area contributed by atoms with Crippen molar-refractivity contribution in [1.29, 1.82) is 0 Å². The normalized spacial score (nSPS) is 10.2. The molecule has 2 aromatic carbocycles. The fourth-order valence-corrected chi connectivity index (χ4v) is 1.91. The van der Waals surface area contributed by atoms with E-state index in [0.29, 0.717) is 16.5 Å². The summed E-state index contributed by atoms with van der Waals surface area (Å²) < 4.78 is 5.39. The van der Waals surface area contributed by atoms with Gasteiger partial charge in [0.25, 0.3) is 5.91 Å². The molecule has 0 bridgehead atoms. The van der Waals surface area contributed by atoms with Crippen molar-refractivity contribution < 1.29 is 14.6 Å². The SMILES string of the molecule is Cc1ccc(NC(=O)COc2ccc(Cl)c(C)c2)c(O)c1. The molecule has 1 amide bonds. The van der Waals surface area contributed by atoms with Crippen LogP contribution in [0.25, 0.3) is 0 Å². The van der Waals surface area contributed by atoms with E-state index >= 15 is 0 Å². The van der Waals surface area contributed by atoms with Crippen molar-refractivity contribution in [2.75, 3.05) is 11.9 Å². The molecule has 0 radical (unpaired) electrons. The molecule has 0 heterocycles. The number of aryl methyl sites for hydroxylation is 2. The lowest BCUT2D eigenvalue weighted by molar-refractivity contribution is -0.118. The maximum absolute atomic E-state index is 11.8. The van der Waals surface area contributed by atoms with E-state index in [1.807, 2.05) is 13.8 Å². The zero-order valence-electron chi connectivity index (χ0n) is 11.8. The fraction of sp³-hybridized carbons (Fsp3) is 0.188. The largest absolute Gasteiger partial charge is 0.506 e. The van der Waals surface area contributed by atoms with Gasteiger partial charge in [0.15, 0.2) is 6.61 Å². The quantitative estimate of drug-likeness (QED) is 0.847. The van der Waals surface area contributed by atoms with Crippen LogP contribution in [-0.4, -0.2) is 17.6 Å². The molecule has 2 aromatic rings. The molecule has 0 aliphatic rings. The van der Waals surface area contributed by atoms with Crippen LogP contribution in [0.3, 0.4) is 0 Å². The number of amides is 1. The molecule has 0 saturated carbocycles. The highest BCUT2D eigenvalue weighted by Crippen LogP contribution is 2.24. The molecule has 0 aliphatic carbocycles. The summed E-state index contributed by atoms with van der Waals surface area (Å²) in [4.78, 5) is 11.8. The van der Waals surface area contributed by atoms with Gasteiger partial charge in [-0.1, -0.05) is 17.7 Å². The van der Waals surface area contributed by atoms with Gasteiger partial charge in [0.2, 0.25) is 0 Å². The van der Waals surface area contributed by atoms with E-state index in [1.165, 1.54) is 0 Å². The maximum Gasteiger partial charge on any atom is 0.262 e. The molecule has 4 nitrogen and oxygen atoms in total. The number of rotatable bonds is 4. The van der Waals surface area contributed by atoms with Gasteiger partial charge in [-0.05, 0) is 55.3 Å². The standard InChI is InChI=1S/C16H16ClNO3/c1-10-3-6-14(15(19)7-10)18-16(20)9-21-12-4-5-13(17)11(2)8-12/h3-8,19H,9H2,1-2H3,(H,18,20). The highest BCUT2D eigenvalue weighted by atomic mass is 35.5. The Morgan fingerprint density at radius 2 is 2.00 bits per heavy atom. The van der Waals surface area contributed by atoms with Crippen molar-refractivity contribution in [3.63, 3.8) is 0 Å². The Kier molecular flexibility index (Phi) is 4.70. The predicted octanol–water partition coefficient (Wildman–Crippen LogP) is 3.68. The third kappa shape index (κ3) is 4.13. The number of benzene rings is 2. The van der Waals surface area contributed by atoms with Gasteiger partial charge in [-0.2, -0.15) is 0 Å². The monoisotopic (exact) mass is 305 g/mol. The van der Waals surface area contributed by atoms with Crippen LogP contribution < -0.4 is 10.1 Å². The van der Waals surface area contributed by atoms with Gasteiger partial charge in [-0.3, -0.25) is 4.79 Å². The molecule has 5 heteroatoms. The number of hydrogen-bond acceptors (Lipinski definition) is 3. The lowest BCUT2D eigenvalue weighted by Crippen LogP contribution is -2.20. The third-order valence-corrected chi connectivity index (χ3v) is 3.35. The lowest BCUT2D eigenvalue weighted by atomic mass is 10.2. The minimum Gasteiger partial charge on any atom is -0.506 e. The van der Waals surface area contributed by atoms with Gasteiger partial charge in [-0.25, -0.2) is 0 Å². The van der Waals surface area contributed by atoms with E-state index in [2.05, 4.69) is 5.32 Å². The van der Waals surface area contributed by atoms with Crippen LogP contribution in [0.15, 0.2) is 36.4 Å². The van der Waals surface area contributed by atoms with Crippen molar-refractivity contribution in [2.24, 2.45) is 0 Å². The number of aromatic hydroxyl groups is 1. The van der Waals surface area contributed by atoms with Gasteiger partial charge in [0.1, 0.15) is 11.5 Å². The van der Waals surface area contributed by atoms with Crippen LogP contribution in [-0.2, 0) is 4.79 Å². The first-order valence-electron chi connectivity index (χ1n) is 6.44. The van der Waals surface area contributed by atoms with Crippen LogP contribution in [0.1, 0.15) is 11.1 Å². The van der Waals surface area contributed by atoms with Gasteiger partial charge >= 0.3 is 0 Å². The van der Waals surface area contributed by atoms with E-state index in [0.717, 1.165) is 11.1 Å². The first-order valence-corrected chi connectivity index (χ1v) is 6.82. The van der Waals surface area contributed by atoms with Crippen molar-refractivity contribution in [3.05, 3.63) is 52.5 Å². The summed E-state index contributed by atoms with van der Waals surface area (Å²) in [5.74, 6) is 0.257. The third-order valence-electron chi connectivity index (χ3n) is 2.93. The number of hydrogen-bond donors (Lipinski definition) is 2. The Bertz CT molecular complexity index is 671. The number of anilines is 1. The Morgan fingerprint density at radius 1 is 1.24 bits per heavy atom. The molecule has 2 rings (SSSR count). The maximum atomic E-state index is 11.8. The molecule has 2 N–H and O–H groups in total. The number of phenolic OH excluding ortho intramolecular Hbond substituents is 1. The van der Waals surface area contributed by atoms with Crippen LogP contribution in [0, 0.1) is 13.8 Å². The molecule has 110 valence electrons. The zero-order valence-corrected chi connectivity index (χ0v) is 12.6. The van der Waals surface area contributed by atoms with E-state index in [1.54, 1.807) is 36.4 Å². The topological polar surface area (TPSA) is 58.6 Å². The highest BCUT2D eigenvalue weighted by molar-refractivity contribution is 6.31. The molecule has 0 aliphatic heterocycles. The van der Waals surface area contributed by atoms with Crippen LogP contribution >= 0.6 is 11.6 Å². The minimum atomic E-state index is -0.346. The number of halogens is 1. The van der Waals surface area contributed by atoms with Crippen LogP contribution in [0.5, 0.6) is 11.5 Å². The van der Waals surface area contributed by atoms with Crippen molar-refractivity contribution >= 4 is 23.2 Å². The molecule has 21 heavy (non-hydrogen) atoms. The lowest BCUT2D eigenvalue weighted by Gasteiger charge is -2.10. The van der Waals surface area contributed by atoms with E-state index < -0.39 is 0 Å². The van der Waals surface area contributed by atoms with Gasteiger partial charge in [-0.15, -0.1) is 0 Å². The summed E-state index contributed by atoms with van der Waals surface area (Å²) in [7, 11) is 0. The summed E-state index contributed by atoms with van der Waals surface area (Å²) in [5.41, 5.74) is 2.16. The van der Waals surface area contributed by atoms with Crippen molar-refractivity contribution in [1.82, 2.24) is 0 Å². The highest BCUT2D eigenvalue weighted by Gasteiger charge is 2.08. The van der Waals surface area contributed by atoms with Crippen molar-refractivity contribution in [2.45, 2.75) is 13.8 Å². The second-order valence-corrected chi connectivity index (χ2v) is 5.18. The smallest absolute Gasteiger partial charge is 0.262 e. The Hall–Kier alpha value is -2.20. The molecule has 0 unspecified atom stereocenters. The van der Waals surface area contributed by atoms with Gasteiger partial charge in [0.05, 0.1) is 5.69 Å². The zero-order chi connectivity index (χ0) is 15.4. The summed E-state index contributed by atoms with van der Waals surface area (Å²) in [6, 6.07) is 10.2. The second kappa shape index (κ2) is 6.50. The van der Waals surface area contributed by atoms with Gasteiger partial charge in [0, 0.05) is 5.02 Å². The first-order chi connectivity index (χ1) is 9.95. The fourth-order valence-electron chi connectivity index (χ4n) is 1.79. The minimum absolute atomic E-state index is 0.0330. The Morgan fingerprint density at radius 3 is 2.67 bits per heavy atom.